The summed E-state index contributed by atoms with van der Waals surface area (Å²) in [6.07, 6.45) is 0. The molecule has 0 N–H and O–H groups in total. The Hall–Kier alpha value is -0.150. The minimum atomic E-state index is -2.83. The predicted molar refractivity (Wildman–Crippen MR) is 63.2 cm³/mol. The highest BCUT2D eigenvalue weighted by Crippen LogP contribution is 2.41. The van der Waals surface area contributed by atoms with Gasteiger partial charge in [0.25, 0.3) is 5.92 Å². The minimum absolute atomic E-state index is 0.376. The lowest BCUT2D eigenvalue weighted by Gasteiger charge is -2.20. The Balaban J connectivity index is 3.21. The first-order valence-electron chi connectivity index (χ1n) is 4.52. The van der Waals surface area contributed by atoms with Crippen LogP contribution in [-0.4, -0.2) is 5.92 Å². The molecular weight excluding hydrogens is 285 g/mol. The van der Waals surface area contributed by atoms with Crippen molar-refractivity contribution in [3.8, 4) is 0 Å². The highest BCUT2D eigenvalue weighted by molar-refractivity contribution is 9.09. The quantitative estimate of drug-likeness (QED) is 0.670. The standard InChI is InChI=1S/C11H12BrClF2/c1-6-4-8(9(13)5-7(6)2)10(12)11(3,14)15/h4-5,10H,1-3H3. The molecule has 0 aliphatic heterocycles. The van der Waals surface area contributed by atoms with Gasteiger partial charge >= 0.3 is 0 Å². The molecule has 4 heteroatoms. The van der Waals surface area contributed by atoms with E-state index in [1.165, 1.54) is 0 Å². The zero-order valence-electron chi connectivity index (χ0n) is 8.74. The van der Waals surface area contributed by atoms with Crippen molar-refractivity contribution in [1.82, 2.24) is 0 Å². The Labute approximate surface area is 102 Å². The number of benzene rings is 1. The van der Waals surface area contributed by atoms with E-state index in [0.717, 1.165) is 18.1 Å². The number of hydrogen-bond acceptors (Lipinski definition) is 0. The van der Waals surface area contributed by atoms with E-state index in [1.807, 2.05) is 13.8 Å². The number of rotatable bonds is 2. The number of alkyl halides is 3. The molecule has 0 spiro atoms. The van der Waals surface area contributed by atoms with E-state index >= 15 is 0 Å². The van der Waals surface area contributed by atoms with Crippen molar-refractivity contribution in [3.63, 3.8) is 0 Å². The molecule has 0 saturated carbocycles. The summed E-state index contributed by atoms with van der Waals surface area (Å²) >= 11 is 8.92. The Kier molecular flexibility index (Phi) is 3.77. The van der Waals surface area contributed by atoms with Gasteiger partial charge in [-0.1, -0.05) is 33.6 Å². The molecule has 0 radical (unpaired) electrons. The second-order valence-corrected chi connectivity index (χ2v) is 5.10. The molecule has 1 atom stereocenters. The van der Waals surface area contributed by atoms with Crippen molar-refractivity contribution in [2.24, 2.45) is 0 Å². The Morgan fingerprint density at radius 1 is 1.27 bits per heavy atom. The molecule has 0 fully saturated rings. The van der Waals surface area contributed by atoms with Gasteiger partial charge in [0.05, 0.1) is 0 Å². The Morgan fingerprint density at radius 2 is 1.73 bits per heavy atom. The third-order valence-electron chi connectivity index (χ3n) is 2.33. The summed E-state index contributed by atoms with van der Waals surface area (Å²) in [5.41, 5.74) is 2.40. The summed E-state index contributed by atoms with van der Waals surface area (Å²) < 4.78 is 26.2. The van der Waals surface area contributed by atoms with Gasteiger partial charge < -0.3 is 0 Å². The third-order valence-corrected chi connectivity index (χ3v) is 3.96. The number of hydrogen-bond donors (Lipinski definition) is 0. The molecular formula is C11H12BrClF2. The van der Waals surface area contributed by atoms with E-state index in [9.17, 15) is 8.78 Å². The van der Waals surface area contributed by atoms with Crippen LogP contribution in [0.1, 0.15) is 28.4 Å². The number of halogens is 4. The normalized spacial score (nSPS) is 14.1. The van der Waals surface area contributed by atoms with Gasteiger partial charge in [-0.25, -0.2) is 8.78 Å². The first kappa shape index (κ1) is 12.9. The zero-order chi connectivity index (χ0) is 11.8. The summed E-state index contributed by atoms with van der Waals surface area (Å²) in [4.78, 5) is -1.04. The summed E-state index contributed by atoms with van der Waals surface area (Å²) in [6, 6.07) is 3.42. The lowest BCUT2D eigenvalue weighted by atomic mass is 10.0. The van der Waals surface area contributed by atoms with E-state index in [0.29, 0.717) is 10.6 Å². The first-order valence-corrected chi connectivity index (χ1v) is 5.81. The van der Waals surface area contributed by atoms with Crippen LogP contribution >= 0.6 is 27.5 Å². The van der Waals surface area contributed by atoms with Gasteiger partial charge in [0.15, 0.2) is 0 Å². The molecule has 15 heavy (non-hydrogen) atoms. The molecule has 1 aromatic rings. The van der Waals surface area contributed by atoms with Crippen molar-refractivity contribution >= 4 is 27.5 Å². The van der Waals surface area contributed by atoms with Crippen LogP contribution in [0.15, 0.2) is 12.1 Å². The maximum Gasteiger partial charge on any atom is 0.261 e. The molecule has 1 unspecified atom stereocenters. The van der Waals surface area contributed by atoms with Gasteiger partial charge in [0.2, 0.25) is 0 Å². The maximum absolute atomic E-state index is 13.1. The van der Waals surface area contributed by atoms with Gasteiger partial charge in [-0.05, 0) is 36.6 Å². The monoisotopic (exact) mass is 296 g/mol. The molecule has 0 bridgehead atoms. The smallest absolute Gasteiger partial charge is 0.206 e. The van der Waals surface area contributed by atoms with E-state index in [1.54, 1.807) is 12.1 Å². The second-order valence-electron chi connectivity index (χ2n) is 3.78. The van der Waals surface area contributed by atoms with Crippen LogP contribution in [0.3, 0.4) is 0 Å². The van der Waals surface area contributed by atoms with Gasteiger partial charge in [0.1, 0.15) is 4.83 Å². The maximum atomic E-state index is 13.1. The summed E-state index contributed by atoms with van der Waals surface area (Å²) in [7, 11) is 0. The SMILES string of the molecule is Cc1cc(Cl)c(C(Br)C(C)(F)F)cc1C. The van der Waals surface area contributed by atoms with E-state index in [4.69, 9.17) is 11.6 Å². The molecule has 0 nitrogen and oxygen atoms in total. The fraction of sp³-hybridized carbons (Fsp3) is 0.455. The van der Waals surface area contributed by atoms with E-state index in [2.05, 4.69) is 15.9 Å². The molecule has 0 saturated heterocycles. The summed E-state index contributed by atoms with van der Waals surface area (Å²) in [6.45, 7) is 4.65. The van der Waals surface area contributed by atoms with E-state index < -0.39 is 10.7 Å². The highest BCUT2D eigenvalue weighted by Gasteiger charge is 2.34. The van der Waals surface area contributed by atoms with Crippen LogP contribution in [0.2, 0.25) is 5.02 Å². The van der Waals surface area contributed by atoms with Crippen LogP contribution in [0.4, 0.5) is 8.78 Å². The molecule has 0 aromatic heterocycles. The second kappa shape index (κ2) is 4.38. The fourth-order valence-corrected chi connectivity index (χ4v) is 2.11. The van der Waals surface area contributed by atoms with Gasteiger partial charge in [0, 0.05) is 11.9 Å². The Bertz CT molecular complexity index is 372. The van der Waals surface area contributed by atoms with Crippen molar-refractivity contribution in [2.75, 3.05) is 0 Å². The fourth-order valence-electron chi connectivity index (χ4n) is 1.27. The van der Waals surface area contributed by atoms with Crippen LogP contribution < -0.4 is 0 Å². The van der Waals surface area contributed by atoms with Crippen LogP contribution in [-0.2, 0) is 0 Å². The molecule has 84 valence electrons. The van der Waals surface area contributed by atoms with Crippen LogP contribution in [0.5, 0.6) is 0 Å². The van der Waals surface area contributed by atoms with Gasteiger partial charge in [-0.3, -0.25) is 0 Å². The molecule has 1 aromatic carbocycles. The minimum Gasteiger partial charge on any atom is -0.206 e. The topological polar surface area (TPSA) is 0 Å². The molecule has 0 aliphatic rings. The lowest BCUT2D eigenvalue weighted by Crippen LogP contribution is -2.17. The third kappa shape index (κ3) is 2.91. The van der Waals surface area contributed by atoms with Gasteiger partial charge in [-0.2, -0.15) is 0 Å². The summed E-state index contributed by atoms with van der Waals surface area (Å²) in [5.74, 6) is -2.83. The molecule has 0 amide bonds. The van der Waals surface area contributed by atoms with E-state index in [-0.39, 0.29) is 0 Å². The number of aryl methyl sites for hydroxylation is 2. The lowest BCUT2D eigenvalue weighted by molar-refractivity contribution is 0.0213. The van der Waals surface area contributed by atoms with Crippen LogP contribution in [0, 0.1) is 13.8 Å². The predicted octanol–water partition coefficient (Wildman–Crippen LogP) is 5.05. The average Bonchev–Trinajstić information content (AvgIpc) is 2.08. The van der Waals surface area contributed by atoms with Crippen LogP contribution in [0.25, 0.3) is 0 Å². The average molecular weight is 298 g/mol. The zero-order valence-corrected chi connectivity index (χ0v) is 11.1. The molecule has 1 rings (SSSR count). The largest absolute Gasteiger partial charge is 0.261 e. The van der Waals surface area contributed by atoms with Crippen molar-refractivity contribution in [3.05, 3.63) is 33.8 Å². The van der Waals surface area contributed by atoms with Crippen molar-refractivity contribution in [2.45, 2.75) is 31.5 Å². The van der Waals surface area contributed by atoms with Crippen molar-refractivity contribution < 1.29 is 8.78 Å². The highest BCUT2D eigenvalue weighted by atomic mass is 79.9. The Morgan fingerprint density at radius 3 is 2.20 bits per heavy atom. The van der Waals surface area contributed by atoms with Gasteiger partial charge in [-0.15, -0.1) is 0 Å². The first-order chi connectivity index (χ1) is 6.73. The molecule has 0 aliphatic carbocycles. The summed E-state index contributed by atoms with van der Waals surface area (Å²) in [5, 5.41) is 0.376. The molecule has 0 heterocycles. The van der Waals surface area contributed by atoms with Crippen molar-refractivity contribution in [1.29, 1.82) is 0 Å².